The van der Waals surface area contributed by atoms with Crippen LogP contribution in [0.3, 0.4) is 0 Å². The molecule has 0 nitrogen and oxygen atoms in total. The predicted molar refractivity (Wildman–Crippen MR) is 141 cm³/mol. The first-order chi connectivity index (χ1) is 14.7. The Morgan fingerprint density at radius 1 is 0.656 bits per heavy atom. The average molecular weight is 547 g/mol. The first-order valence-corrected chi connectivity index (χ1v) is 22.1. The van der Waals surface area contributed by atoms with E-state index in [1.54, 1.807) is 0 Å². The van der Waals surface area contributed by atoms with Crippen molar-refractivity contribution in [2.75, 3.05) is 0 Å². The summed E-state index contributed by atoms with van der Waals surface area (Å²) in [4.78, 5) is 0. The molecule has 2 aromatic carbocycles. The Hall–Kier alpha value is -0.747. The molecular formula is C29H36Cl2Zr. The van der Waals surface area contributed by atoms with Crippen molar-refractivity contribution in [2.24, 2.45) is 10.8 Å². The summed E-state index contributed by atoms with van der Waals surface area (Å²) < 4.78 is 1.35. The van der Waals surface area contributed by atoms with Gasteiger partial charge in [0.05, 0.1) is 0 Å². The molecule has 0 heterocycles. The Kier molecular flexibility index (Phi) is 5.81. The Balaban J connectivity index is 2.06. The summed E-state index contributed by atoms with van der Waals surface area (Å²) in [6, 6.07) is 17.6. The van der Waals surface area contributed by atoms with E-state index in [1.807, 2.05) is 0 Å². The van der Waals surface area contributed by atoms with E-state index in [0.717, 1.165) is 0 Å². The first-order valence-electron chi connectivity index (χ1n) is 11.7. The molecule has 0 aromatic heterocycles. The van der Waals surface area contributed by atoms with Gasteiger partial charge < -0.3 is 0 Å². The van der Waals surface area contributed by atoms with E-state index in [2.05, 4.69) is 116 Å². The molecule has 0 bridgehead atoms. The zero-order valence-corrected chi connectivity index (χ0v) is 24.7. The third-order valence-corrected chi connectivity index (χ3v) is 30.2. The van der Waals surface area contributed by atoms with E-state index in [-0.39, 0.29) is 18.1 Å². The van der Waals surface area contributed by atoms with Crippen molar-refractivity contribution < 1.29 is 15.9 Å². The van der Waals surface area contributed by atoms with Crippen molar-refractivity contribution in [1.29, 1.82) is 0 Å². The number of fused-ring (bicyclic) bond motifs is 2. The minimum absolute atomic E-state index is 0.0311. The molecule has 0 saturated heterocycles. The van der Waals surface area contributed by atoms with Gasteiger partial charge in [-0.15, -0.1) is 0 Å². The van der Waals surface area contributed by atoms with Gasteiger partial charge in [-0.25, -0.2) is 0 Å². The number of halogens is 2. The zero-order chi connectivity index (χ0) is 23.7. The van der Waals surface area contributed by atoms with Gasteiger partial charge in [0.1, 0.15) is 0 Å². The molecule has 0 spiro atoms. The van der Waals surface area contributed by atoms with Gasteiger partial charge in [0.2, 0.25) is 0 Å². The fraction of sp³-hybridized carbons (Fsp3) is 0.414. The third-order valence-electron chi connectivity index (χ3n) is 7.55. The van der Waals surface area contributed by atoms with E-state index < -0.39 is 15.9 Å². The molecule has 3 heteroatoms. The summed E-state index contributed by atoms with van der Waals surface area (Å²) >= 11 is -4.70. The third kappa shape index (κ3) is 3.54. The molecule has 0 N–H and O–H groups in total. The van der Waals surface area contributed by atoms with Crippen LogP contribution in [-0.4, -0.2) is 3.21 Å². The molecule has 2 aromatic rings. The van der Waals surface area contributed by atoms with Crippen molar-refractivity contribution in [3.8, 4) is 0 Å². The summed E-state index contributed by atoms with van der Waals surface area (Å²) in [5, 5.41) is 0. The zero-order valence-electron chi connectivity index (χ0n) is 20.7. The standard InChI is InChI=1S/2C13H15.C3H6.2ClH.Zr/c2*1-13(2,3)12-9-8-10-6-4-5-7-11(10)12;1-3-2;;;/h2*4-9H,1-3H3;1-2H3;2*1H;/q;;;;;+2/p-2. The summed E-state index contributed by atoms with van der Waals surface area (Å²) in [5.41, 5.74) is 8.05. The first kappa shape index (κ1) is 24.4. The molecule has 0 amide bonds. The van der Waals surface area contributed by atoms with Crippen molar-refractivity contribution in [3.05, 3.63) is 82.9 Å². The molecule has 0 aliphatic heterocycles. The molecular weight excluding hydrogens is 510 g/mol. The van der Waals surface area contributed by atoms with Crippen molar-refractivity contribution in [1.82, 2.24) is 0 Å². The van der Waals surface area contributed by atoms with Crippen LogP contribution in [0.1, 0.15) is 84.9 Å². The van der Waals surface area contributed by atoms with Crippen molar-refractivity contribution in [3.63, 3.8) is 0 Å². The number of benzene rings is 2. The molecule has 2 aliphatic rings. The van der Waals surface area contributed by atoms with Crippen LogP contribution in [0.5, 0.6) is 0 Å². The molecule has 0 saturated carbocycles. The van der Waals surface area contributed by atoms with Crippen LogP contribution in [0.25, 0.3) is 11.1 Å². The van der Waals surface area contributed by atoms with Gasteiger partial charge in [-0.2, -0.15) is 0 Å². The summed E-state index contributed by atoms with van der Waals surface area (Å²) in [6.45, 7) is 18.1. The second-order valence-electron chi connectivity index (χ2n) is 11.9. The second kappa shape index (κ2) is 7.63. The van der Waals surface area contributed by atoms with Gasteiger partial charge in [0.25, 0.3) is 0 Å². The average Bonchev–Trinajstić information content (AvgIpc) is 3.28. The van der Waals surface area contributed by atoms with Crippen LogP contribution in [0, 0.1) is 10.8 Å². The normalized spacial score (nSPS) is 21.1. The molecule has 170 valence electrons. The van der Waals surface area contributed by atoms with E-state index in [1.165, 1.54) is 36.6 Å². The van der Waals surface area contributed by atoms with Gasteiger partial charge >= 0.3 is 204 Å². The molecule has 0 fully saturated rings. The fourth-order valence-electron chi connectivity index (χ4n) is 5.72. The Bertz CT molecular complexity index is 1130. The molecule has 0 radical (unpaired) electrons. The quantitative estimate of drug-likeness (QED) is 0.352. The Morgan fingerprint density at radius 3 is 1.31 bits per heavy atom. The summed E-state index contributed by atoms with van der Waals surface area (Å²) in [6.07, 6.45) is 4.88. The van der Waals surface area contributed by atoms with Crippen LogP contribution in [0.2, 0.25) is 0 Å². The van der Waals surface area contributed by atoms with E-state index in [9.17, 15) is 0 Å². The van der Waals surface area contributed by atoms with Crippen LogP contribution in [0.15, 0.2) is 60.7 Å². The van der Waals surface area contributed by atoms with Crippen LogP contribution >= 0.6 is 17.0 Å². The molecule has 2 unspecified atom stereocenters. The predicted octanol–water partition coefficient (Wildman–Crippen LogP) is 9.56. The van der Waals surface area contributed by atoms with Crippen molar-refractivity contribution in [2.45, 2.75) is 62.6 Å². The number of hydrogen-bond donors (Lipinski definition) is 0. The number of rotatable bonds is 2. The van der Waals surface area contributed by atoms with Gasteiger partial charge in [0.15, 0.2) is 0 Å². The van der Waals surface area contributed by atoms with E-state index >= 15 is 0 Å². The molecule has 4 rings (SSSR count). The fourth-order valence-corrected chi connectivity index (χ4v) is 20.4. The Labute approximate surface area is 202 Å². The molecule has 2 aliphatic carbocycles. The minimum atomic E-state index is -4.70. The summed E-state index contributed by atoms with van der Waals surface area (Å²) in [7, 11) is 16.2. The monoisotopic (exact) mass is 544 g/mol. The Morgan fingerprint density at radius 2 is 1.00 bits per heavy atom. The van der Waals surface area contributed by atoms with E-state index in [0.29, 0.717) is 0 Å². The van der Waals surface area contributed by atoms with Gasteiger partial charge in [0, 0.05) is 0 Å². The van der Waals surface area contributed by atoms with Crippen LogP contribution in [-0.2, 0) is 15.9 Å². The van der Waals surface area contributed by atoms with Gasteiger partial charge in [-0.1, -0.05) is 0 Å². The SMILES string of the molecule is C[C](C)=[Zr]([Cl])([Cl])([CH]1C=C(C(C)(C)C)c2ccccc21)[CH]1C=C(C(C)(C)C)c2ccccc21. The van der Waals surface area contributed by atoms with Gasteiger partial charge in [-0.05, 0) is 0 Å². The maximum absolute atomic E-state index is 8.08. The van der Waals surface area contributed by atoms with E-state index in [4.69, 9.17) is 17.0 Å². The topological polar surface area (TPSA) is 0 Å². The van der Waals surface area contributed by atoms with Gasteiger partial charge in [-0.3, -0.25) is 0 Å². The molecule has 2 atom stereocenters. The maximum atomic E-state index is 8.08. The second-order valence-corrected chi connectivity index (χ2v) is 33.9. The molecule has 32 heavy (non-hydrogen) atoms. The number of allylic oxidation sites excluding steroid dienone is 4. The summed E-state index contributed by atoms with van der Waals surface area (Å²) in [5.74, 6) is 0. The van der Waals surface area contributed by atoms with Crippen LogP contribution < -0.4 is 0 Å². The number of hydrogen-bond acceptors (Lipinski definition) is 0. The van der Waals surface area contributed by atoms with Crippen molar-refractivity contribution >= 4 is 31.4 Å². The van der Waals surface area contributed by atoms with Crippen LogP contribution in [0.4, 0.5) is 0 Å².